The molecule has 0 atom stereocenters. The second-order valence-corrected chi connectivity index (χ2v) is 11.5. The average molecular weight is 572 g/mol. The second-order valence-electron chi connectivity index (χ2n) is 10.7. The SMILES string of the molecule is COc1cc(N2CCN(C)CC2)c(C)cc1Nc1ncc(C)c(Nc2ccc3nccnc3c2N(SC)C2CC2)n1. The Bertz CT molecular complexity index is 1550. The van der Waals surface area contributed by atoms with Crippen molar-refractivity contribution in [3.05, 3.63) is 54.0 Å². The summed E-state index contributed by atoms with van der Waals surface area (Å²) in [5.74, 6) is 1.99. The summed E-state index contributed by atoms with van der Waals surface area (Å²) in [7, 11) is 3.87. The first-order valence-corrected chi connectivity index (χ1v) is 15.2. The van der Waals surface area contributed by atoms with Crippen molar-refractivity contribution in [2.75, 3.05) is 66.4 Å². The highest BCUT2D eigenvalue weighted by atomic mass is 32.2. The van der Waals surface area contributed by atoms with Gasteiger partial charge in [0.15, 0.2) is 0 Å². The molecule has 3 heterocycles. The van der Waals surface area contributed by atoms with Crippen LogP contribution in [0, 0.1) is 13.8 Å². The molecule has 4 aromatic rings. The molecular weight excluding hydrogens is 534 g/mol. The summed E-state index contributed by atoms with van der Waals surface area (Å²) in [6.45, 7) is 8.25. The zero-order valence-corrected chi connectivity index (χ0v) is 25.1. The summed E-state index contributed by atoms with van der Waals surface area (Å²) in [5.41, 5.74) is 7.89. The van der Waals surface area contributed by atoms with Gasteiger partial charge in [-0.25, -0.2) is 4.98 Å². The number of methoxy groups -OCH3 is 1. The van der Waals surface area contributed by atoms with Gasteiger partial charge in [-0.2, -0.15) is 4.98 Å². The van der Waals surface area contributed by atoms with E-state index in [-0.39, 0.29) is 0 Å². The number of fused-ring (bicyclic) bond motifs is 1. The lowest BCUT2D eigenvalue weighted by Gasteiger charge is -2.35. The van der Waals surface area contributed by atoms with Crippen molar-refractivity contribution in [1.82, 2.24) is 24.8 Å². The van der Waals surface area contributed by atoms with Gasteiger partial charge in [-0.05, 0) is 57.5 Å². The first kappa shape index (κ1) is 27.3. The normalized spacial score (nSPS) is 15.7. The minimum absolute atomic E-state index is 0.492. The summed E-state index contributed by atoms with van der Waals surface area (Å²) in [6.07, 6.45) is 9.78. The third kappa shape index (κ3) is 5.69. The Morgan fingerprint density at radius 2 is 1.73 bits per heavy atom. The number of nitrogens with zero attached hydrogens (tertiary/aromatic N) is 7. The molecule has 41 heavy (non-hydrogen) atoms. The minimum Gasteiger partial charge on any atom is -0.494 e. The molecule has 6 rings (SSSR count). The number of benzene rings is 2. The Hall–Kier alpha value is -3.83. The number of nitrogens with one attached hydrogen (secondary N) is 2. The fourth-order valence-electron chi connectivity index (χ4n) is 5.29. The molecule has 0 unspecified atom stereocenters. The van der Waals surface area contributed by atoms with Crippen LogP contribution < -0.4 is 24.6 Å². The van der Waals surface area contributed by atoms with Gasteiger partial charge in [-0.3, -0.25) is 9.97 Å². The van der Waals surface area contributed by atoms with Crippen LogP contribution in [-0.4, -0.2) is 77.5 Å². The molecule has 10 nitrogen and oxygen atoms in total. The van der Waals surface area contributed by atoms with Crippen molar-refractivity contribution in [2.45, 2.75) is 32.7 Å². The van der Waals surface area contributed by atoms with E-state index in [1.165, 1.54) is 24.1 Å². The highest BCUT2D eigenvalue weighted by Gasteiger charge is 2.32. The zero-order chi connectivity index (χ0) is 28.5. The number of rotatable bonds is 9. The Morgan fingerprint density at radius 3 is 2.46 bits per heavy atom. The van der Waals surface area contributed by atoms with Crippen LogP contribution in [0.15, 0.2) is 42.9 Å². The third-order valence-corrected chi connectivity index (χ3v) is 8.62. The first-order chi connectivity index (χ1) is 19.9. The number of aryl methyl sites for hydroxylation is 2. The Kier molecular flexibility index (Phi) is 7.72. The quantitative estimate of drug-likeness (QED) is 0.248. The summed E-state index contributed by atoms with van der Waals surface area (Å²) < 4.78 is 8.16. The van der Waals surface area contributed by atoms with E-state index in [0.717, 1.165) is 71.4 Å². The van der Waals surface area contributed by atoms with Gasteiger partial charge >= 0.3 is 0 Å². The minimum atomic E-state index is 0.492. The van der Waals surface area contributed by atoms with Crippen molar-refractivity contribution in [3.63, 3.8) is 0 Å². The first-order valence-electron chi connectivity index (χ1n) is 14.0. The molecule has 11 heteroatoms. The molecule has 214 valence electrons. The highest BCUT2D eigenvalue weighted by Crippen LogP contribution is 2.44. The third-order valence-electron chi connectivity index (χ3n) is 7.74. The maximum absolute atomic E-state index is 5.81. The van der Waals surface area contributed by atoms with Gasteiger partial charge in [0.2, 0.25) is 5.95 Å². The van der Waals surface area contributed by atoms with Gasteiger partial charge in [0.05, 0.1) is 29.7 Å². The van der Waals surface area contributed by atoms with E-state index in [2.05, 4.69) is 73.1 Å². The Morgan fingerprint density at radius 1 is 0.951 bits per heavy atom. The lowest BCUT2D eigenvalue weighted by molar-refractivity contribution is 0.312. The fraction of sp³-hybridized carbons (Fsp3) is 0.400. The molecule has 0 bridgehead atoms. The molecule has 1 saturated carbocycles. The maximum Gasteiger partial charge on any atom is 0.229 e. The summed E-state index contributed by atoms with van der Waals surface area (Å²) in [6, 6.07) is 8.80. The van der Waals surface area contributed by atoms with Crippen LogP contribution in [0.5, 0.6) is 5.75 Å². The molecule has 0 amide bonds. The molecule has 1 aliphatic carbocycles. The monoisotopic (exact) mass is 571 g/mol. The average Bonchev–Trinajstić information content (AvgIpc) is 3.82. The van der Waals surface area contributed by atoms with Crippen LogP contribution in [0.4, 0.5) is 34.5 Å². The smallest absolute Gasteiger partial charge is 0.229 e. The van der Waals surface area contributed by atoms with E-state index >= 15 is 0 Å². The molecule has 0 spiro atoms. The van der Waals surface area contributed by atoms with Crippen molar-refractivity contribution in [2.24, 2.45) is 0 Å². The van der Waals surface area contributed by atoms with Crippen LogP contribution >= 0.6 is 11.9 Å². The number of anilines is 6. The maximum atomic E-state index is 5.81. The molecular formula is C30H37N9OS. The van der Waals surface area contributed by atoms with Crippen LogP contribution in [0.3, 0.4) is 0 Å². The van der Waals surface area contributed by atoms with E-state index in [1.54, 1.807) is 31.5 Å². The number of hydrogen-bond acceptors (Lipinski definition) is 11. The topological polar surface area (TPSA) is 94.6 Å². The largest absolute Gasteiger partial charge is 0.494 e. The van der Waals surface area contributed by atoms with Crippen molar-refractivity contribution < 1.29 is 4.74 Å². The van der Waals surface area contributed by atoms with Gasteiger partial charge in [0.1, 0.15) is 17.1 Å². The Labute approximate surface area is 245 Å². The lowest BCUT2D eigenvalue weighted by atomic mass is 10.1. The number of piperazine rings is 1. The molecule has 2 aliphatic rings. The molecule has 2 aromatic heterocycles. The van der Waals surface area contributed by atoms with Crippen molar-refractivity contribution >= 4 is 57.5 Å². The number of hydrogen-bond donors (Lipinski definition) is 2. The fourth-order valence-corrected chi connectivity index (χ4v) is 6.16. The molecule has 1 saturated heterocycles. The summed E-state index contributed by atoms with van der Waals surface area (Å²) >= 11 is 1.72. The van der Waals surface area contributed by atoms with E-state index in [1.807, 2.05) is 19.2 Å². The summed E-state index contributed by atoms with van der Waals surface area (Å²) in [5, 5.41) is 7.01. The predicted molar refractivity (Wildman–Crippen MR) is 169 cm³/mol. The number of likely N-dealkylation sites (N-methyl/N-ethyl adjacent to an activating group) is 1. The summed E-state index contributed by atoms with van der Waals surface area (Å²) in [4.78, 5) is 23.5. The molecule has 2 fully saturated rings. The second kappa shape index (κ2) is 11.6. The van der Waals surface area contributed by atoms with Gasteiger partial charge in [0.25, 0.3) is 0 Å². The van der Waals surface area contributed by atoms with Gasteiger partial charge < -0.3 is 29.5 Å². The van der Waals surface area contributed by atoms with Gasteiger partial charge in [-0.1, -0.05) is 11.9 Å². The zero-order valence-electron chi connectivity index (χ0n) is 24.3. The highest BCUT2D eigenvalue weighted by molar-refractivity contribution is 8.00. The Balaban J connectivity index is 1.30. The van der Waals surface area contributed by atoms with E-state index in [9.17, 15) is 0 Å². The standard InChI is InChI=1S/C30H37N9OS/c1-19-16-24(26(40-4)17-25(19)38-14-12-37(3)13-15-38)35-30-33-18-20(2)29(36-30)34-23-9-8-22-27(32-11-10-31-22)28(23)39(41-5)21-6-7-21/h8-11,16-18,21H,6-7,12-15H2,1-5H3,(H2,33,34,35,36). The lowest BCUT2D eigenvalue weighted by Crippen LogP contribution is -2.44. The molecule has 2 aromatic carbocycles. The van der Waals surface area contributed by atoms with Gasteiger partial charge in [0, 0.05) is 74.4 Å². The van der Waals surface area contributed by atoms with Crippen molar-refractivity contribution in [1.29, 1.82) is 0 Å². The van der Waals surface area contributed by atoms with Gasteiger partial charge in [-0.15, -0.1) is 0 Å². The molecule has 2 N–H and O–H groups in total. The van der Waals surface area contributed by atoms with Crippen LogP contribution in [0.2, 0.25) is 0 Å². The van der Waals surface area contributed by atoms with Crippen LogP contribution in [0.25, 0.3) is 11.0 Å². The van der Waals surface area contributed by atoms with Crippen molar-refractivity contribution in [3.8, 4) is 5.75 Å². The molecule has 0 radical (unpaired) electrons. The van der Waals surface area contributed by atoms with E-state index < -0.39 is 0 Å². The number of ether oxygens (including phenoxy) is 1. The molecule has 1 aliphatic heterocycles. The number of aromatic nitrogens is 4. The van der Waals surface area contributed by atoms with E-state index in [4.69, 9.17) is 14.7 Å². The van der Waals surface area contributed by atoms with E-state index in [0.29, 0.717) is 12.0 Å². The predicted octanol–water partition coefficient (Wildman–Crippen LogP) is 5.53. The van der Waals surface area contributed by atoms with Crippen LogP contribution in [-0.2, 0) is 0 Å². The van der Waals surface area contributed by atoms with Crippen LogP contribution in [0.1, 0.15) is 24.0 Å².